The Morgan fingerprint density at radius 3 is 2.64 bits per heavy atom. The van der Waals surface area contributed by atoms with E-state index in [1.165, 1.54) is 0 Å². The summed E-state index contributed by atoms with van der Waals surface area (Å²) in [5, 5.41) is 9.54. The number of para-hydroxylation sites is 1. The van der Waals surface area contributed by atoms with Gasteiger partial charge in [-0.1, -0.05) is 30.3 Å². The van der Waals surface area contributed by atoms with Crippen molar-refractivity contribution >= 4 is 46.1 Å². The zero-order valence-corrected chi connectivity index (χ0v) is 19.2. The van der Waals surface area contributed by atoms with Crippen molar-refractivity contribution in [1.82, 2.24) is 15.6 Å². The molecule has 0 spiro atoms. The number of aromatic nitrogens is 1. The van der Waals surface area contributed by atoms with Crippen LogP contribution >= 0.6 is 11.8 Å². The van der Waals surface area contributed by atoms with Crippen LogP contribution in [0.3, 0.4) is 0 Å². The average molecular weight is 463 g/mol. The van der Waals surface area contributed by atoms with Crippen LogP contribution in [0.15, 0.2) is 60.7 Å². The summed E-state index contributed by atoms with van der Waals surface area (Å²) >= 11 is 1.60. The third-order valence-electron chi connectivity index (χ3n) is 5.37. The number of amides is 3. The van der Waals surface area contributed by atoms with Gasteiger partial charge < -0.3 is 16.0 Å². The lowest BCUT2D eigenvalue weighted by molar-refractivity contribution is -0.118. The van der Waals surface area contributed by atoms with Gasteiger partial charge in [0, 0.05) is 22.7 Å². The van der Waals surface area contributed by atoms with Gasteiger partial charge in [0.25, 0.3) is 11.8 Å². The molecule has 2 aromatic carbocycles. The highest BCUT2D eigenvalue weighted by atomic mass is 32.2. The van der Waals surface area contributed by atoms with Gasteiger partial charge in [0.15, 0.2) is 0 Å². The third-order valence-corrected chi connectivity index (χ3v) is 6.01. The second-order valence-corrected chi connectivity index (χ2v) is 9.00. The third kappa shape index (κ3) is 6.10. The lowest BCUT2D eigenvalue weighted by Crippen LogP contribution is -2.44. The van der Waals surface area contributed by atoms with Crippen LogP contribution in [0.1, 0.15) is 40.1 Å². The Labute approximate surface area is 196 Å². The smallest absolute Gasteiger partial charge is 0.270 e. The maximum Gasteiger partial charge on any atom is 0.270 e. The van der Waals surface area contributed by atoms with E-state index in [9.17, 15) is 14.4 Å². The zero-order valence-electron chi connectivity index (χ0n) is 18.3. The number of thioether (sulfide) groups is 1. The van der Waals surface area contributed by atoms with Crippen LogP contribution in [-0.4, -0.2) is 46.8 Å². The maximum atomic E-state index is 13.0. The fraction of sp³-hybridized carbons (Fsp3) is 0.280. The molecule has 1 fully saturated rings. The maximum absolute atomic E-state index is 13.0. The molecule has 33 heavy (non-hydrogen) atoms. The van der Waals surface area contributed by atoms with Crippen LogP contribution in [0.5, 0.6) is 0 Å². The molecule has 4 rings (SSSR count). The first-order valence-electron chi connectivity index (χ1n) is 10.9. The molecule has 3 N–H and O–H groups in total. The van der Waals surface area contributed by atoms with E-state index in [0.717, 1.165) is 23.7 Å². The van der Waals surface area contributed by atoms with Crippen molar-refractivity contribution in [2.75, 3.05) is 17.3 Å². The lowest BCUT2D eigenvalue weighted by Gasteiger charge is -2.18. The van der Waals surface area contributed by atoms with Crippen LogP contribution < -0.4 is 16.0 Å². The van der Waals surface area contributed by atoms with Gasteiger partial charge in [-0.3, -0.25) is 14.4 Å². The summed E-state index contributed by atoms with van der Waals surface area (Å²) in [6, 6.07) is 17.4. The van der Waals surface area contributed by atoms with Crippen molar-refractivity contribution in [3.63, 3.8) is 0 Å². The Hall–Kier alpha value is -3.39. The summed E-state index contributed by atoms with van der Waals surface area (Å²) in [4.78, 5) is 42.6. The minimum absolute atomic E-state index is 0.150. The molecular weight excluding hydrogens is 436 g/mol. The van der Waals surface area contributed by atoms with Gasteiger partial charge in [-0.2, -0.15) is 11.8 Å². The summed E-state index contributed by atoms with van der Waals surface area (Å²) in [5.41, 5.74) is 1.98. The minimum atomic E-state index is -0.734. The molecule has 3 amide bonds. The summed E-state index contributed by atoms with van der Waals surface area (Å²) in [5.74, 6) is -0.186. The molecule has 170 valence electrons. The van der Waals surface area contributed by atoms with Crippen molar-refractivity contribution in [3.05, 3.63) is 71.9 Å². The van der Waals surface area contributed by atoms with Gasteiger partial charge in [-0.15, -0.1) is 0 Å². The number of nitrogens with one attached hydrogen (secondary N) is 3. The number of hydrogen-bond donors (Lipinski definition) is 3. The molecule has 1 aromatic heterocycles. The standard InChI is InChI=1S/C25H26N4O3S/c1-33-14-13-22(29-25(32)21-12-9-16-5-2-3-8-20(16)28-21)24(31)27-19-7-4-6-17(15-19)23(30)26-18-10-11-18/h2-9,12,15,18,22H,10-11,13-14H2,1H3,(H,26,30)(H,27,31)(H,29,32)/t22-/m0/s1. The monoisotopic (exact) mass is 462 g/mol. The summed E-state index contributed by atoms with van der Waals surface area (Å²) < 4.78 is 0. The minimum Gasteiger partial charge on any atom is -0.349 e. The van der Waals surface area contributed by atoms with Gasteiger partial charge in [0.05, 0.1) is 5.52 Å². The largest absolute Gasteiger partial charge is 0.349 e. The number of hydrogen-bond acceptors (Lipinski definition) is 5. The molecule has 8 heteroatoms. The fourth-order valence-corrected chi connectivity index (χ4v) is 3.86. The molecule has 7 nitrogen and oxygen atoms in total. The number of rotatable bonds is 9. The molecule has 0 aliphatic heterocycles. The molecule has 0 unspecified atom stereocenters. The van der Waals surface area contributed by atoms with Crippen LogP contribution in [0.2, 0.25) is 0 Å². The summed E-state index contributed by atoms with van der Waals surface area (Å²) in [6.45, 7) is 0. The number of anilines is 1. The predicted molar refractivity (Wildman–Crippen MR) is 132 cm³/mol. The molecular formula is C25H26N4O3S. The van der Waals surface area contributed by atoms with E-state index < -0.39 is 11.9 Å². The first kappa shape index (κ1) is 22.8. The Bertz CT molecular complexity index is 1180. The SMILES string of the molecule is CSCC[C@H](NC(=O)c1ccc2ccccc2n1)C(=O)Nc1cccc(C(=O)NC2CC2)c1. The molecule has 0 saturated heterocycles. The fourth-order valence-electron chi connectivity index (χ4n) is 3.39. The van der Waals surface area contributed by atoms with Crippen molar-refractivity contribution in [2.24, 2.45) is 0 Å². The average Bonchev–Trinajstić information content (AvgIpc) is 3.65. The number of carbonyl (C=O) groups is 3. The normalized spacial score (nSPS) is 13.8. The van der Waals surface area contributed by atoms with E-state index in [2.05, 4.69) is 20.9 Å². The zero-order chi connectivity index (χ0) is 23.2. The van der Waals surface area contributed by atoms with E-state index >= 15 is 0 Å². The topological polar surface area (TPSA) is 100 Å². The van der Waals surface area contributed by atoms with Crippen molar-refractivity contribution in [2.45, 2.75) is 31.3 Å². The quantitative estimate of drug-likeness (QED) is 0.451. The van der Waals surface area contributed by atoms with Crippen LogP contribution in [0.4, 0.5) is 5.69 Å². The van der Waals surface area contributed by atoms with Crippen LogP contribution in [0, 0.1) is 0 Å². The molecule has 1 aliphatic rings. The molecule has 0 bridgehead atoms. The van der Waals surface area contributed by atoms with Gasteiger partial charge in [-0.25, -0.2) is 4.98 Å². The summed E-state index contributed by atoms with van der Waals surface area (Å²) in [7, 11) is 0. The van der Waals surface area contributed by atoms with E-state index in [-0.39, 0.29) is 23.6 Å². The van der Waals surface area contributed by atoms with E-state index in [4.69, 9.17) is 0 Å². The number of carbonyl (C=O) groups excluding carboxylic acids is 3. The highest BCUT2D eigenvalue weighted by molar-refractivity contribution is 7.98. The van der Waals surface area contributed by atoms with Crippen molar-refractivity contribution in [1.29, 1.82) is 0 Å². The van der Waals surface area contributed by atoms with E-state index in [0.29, 0.717) is 23.4 Å². The van der Waals surface area contributed by atoms with E-state index in [1.807, 2.05) is 36.6 Å². The highest BCUT2D eigenvalue weighted by Gasteiger charge is 2.25. The van der Waals surface area contributed by atoms with Gasteiger partial charge >= 0.3 is 0 Å². The lowest BCUT2D eigenvalue weighted by atomic mass is 10.1. The first-order valence-corrected chi connectivity index (χ1v) is 12.3. The highest BCUT2D eigenvalue weighted by Crippen LogP contribution is 2.20. The molecule has 0 radical (unpaired) electrons. The van der Waals surface area contributed by atoms with Gasteiger partial charge in [0.1, 0.15) is 11.7 Å². The Kier molecular flexibility index (Phi) is 7.24. The second kappa shape index (κ2) is 10.5. The Morgan fingerprint density at radius 2 is 1.85 bits per heavy atom. The molecule has 1 atom stereocenters. The van der Waals surface area contributed by atoms with Gasteiger partial charge in [-0.05, 0) is 61.6 Å². The number of benzene rings is 2. The van der Waals surface area contributed by atoms with Crippen molar-refractivity contribution in [3.8, 4) is 0 Å². The van der Waals surface area contributed by atoms with Crippen molar-refractivity contribution < 1.29 is 14.4 Å². The van der Waals surface area contributed by atoms with E-state index in [1.54, 1.807) is 42.1 Å². The molecule has 1 aliphatic carbocycles. The number of pyridine rings is 1. The number of fused-ring (bicyclic) bond motifs is 1. The predicted octanol–water partition coefficient (Wildman–Crippen LogP) is 3.62. The second-order valence-electron chi connectivity index (χ2n) is 8.01. The molecule has 1 saturated carbocycles. The Balaban J connectivity index is 1.45. The first-order chi connectivity index (χ1) is 16.0. The Morgan fingerprint density at radius 1 is 1.03 bits per heavy atom. The molecule has 3 aromatic rings. The molecule has 1 heterocycles. The van der Waals surface area contributed by atoms with Crippen LogP contribution in [0.25, 0.3) is 10.9 Å². The van der Waals surface area contributed by atoms with Gasteiger partial charge in [0.2, 0.25) is 5.91 Å². The van der Waals surface area contributed by atoms with Crippen LogP contribution in [-0.2, 0) is 4.79 Å². The summed E-state index contributed by atoms with van der Waals surface area (Å²) in [6.07, 6.45) is 4.42. The number of nitrogens with zero attached hydrogens (tertiary/aromatic N) is 1.